The summed E-state index contributed by atoms with van der Waals surface area (Å²) < 4.78 is 24.5. The van der Waals surface area contributed by atoms with Crippen molar-refractivity contribution in [3.8, 4) is 0 Å². The molecule has 3 heteroatoms. The van der Waals surface area contributed by atoms with Crippen LogP contribution in [0, 0.1) is 28.1 Å². The van der Waals surface area contributed by atoms with Crippen LogP contribution in [0.15, 0.2) is 0 Å². The first-order valence-electron chi connectivity index (χ1n) is 6.29. The molecule has 2 saturated carbocycles. The second-order valence-electron chi connectivity index (χ2n) is 7.32. The SMILES string of the molecule is CC1C2C3CC1(C)C(C)(C)C2(C)CS3(=O)=O. The van der Waals surface area contributed by atoms with Gasteiger partial charge in [0.25, 0.3) is 0 Å². The van der Waals surface area contributed by atoms with Gasteiger partial charge in [-0.05, 0) is 34.5 Å². The Morgan fingerprint density at radius 1 is 1.06 bits per heavy atom. The van der Waals surface area contributed by atoms with Crippen molar-refractivity contribution < 1.29 is 8.42 Å². The third-order valence-electron chi connectivity index (χ3n) is 7.12. The van der Waals surface area contributed by atoms with Gasteiger partial charge in [-0.1, -0.05) is 34.6 Å². The van der Waals surface area contributed by atoms with Gasteiger partial charge < -0.3 is 0 Å². The van der Waals surface area contributed by atoms with E-state index in [-0.39, 0.29) is 21.5 Å². The Labute approximate surface area is 98.7 Å². The van der Waals surface area contributed by atoms with Gasteiger partial charge >= 0.3 is 0 Å². The van der Waals surface area contributed by atoms with Crippen molar-refractivity contribution in [2.45, 2.75) is 46.3 Å². The zero-order chi connectivity index (χ0) is 12.1. The maximum Gasteiger partial charge on any atom is 0.154 e. The standard InChI is InChI=1S/C13H22O2S/c1-8-10-9-6-12(8,4)11(2,3)13(10,5)7-16(9,14)15/h8-10H,6-7H2,1-5H3. The Hall–Kier alpha value is -0.0500. The topological polar surface area (TPSA) is 34.1 Å². The minimum Gasteiger partial charge on any atom is -0.229 e. The van der Waals surface area contributed by atoms with Crippen LogP contribution in [0.5, 0.6) is 0 Å². The molecule has 0 aromatic rings. The molecule has 0 spiro atoms. The van der Waals surface area contributed by atoms with E-state index in [0.29, 0.717) is 17.6 Å². The van der Waals surface area contributed by atoms with Crippen molar-refractivity contribution in [3.63, 3.8) is 0 Å². The summed E-state index contributed by atoms with van der Waals surface area (Å²) in [7, 11) is -2.83. The molecule has 0 radical (unpaired) electrons. The molecule has 2 bridgehead atoms. The molecule has 2 nitrogen and oxygen atoms in total. The zero-order valence-electron chi connectivity index (χ0n) is 10.9. The molecule has 1 aliphatic heterocycles. The third-order valence-corrected chi connectivity index (χ3v) is 9.51. The third kappa shape index (κ3) is 0.775. The van der Waals surface area contributed by atoms with Gasteiger partial charge in [0, 0.05) is 0 Å². The van der Waals surface area contributed by atoms with Crippen LogP contribution in [-0.2, 0) is 9.84 Å². The van der Waals surface area contributed by atoms with Crippen LogP contribution in [0.3, 0.4) is 0 Å². The monoisotopic (exact) mass is 242 g/mol. The lowest BCUT2D eigenvalue weighted by atomic mass is 9.54. The Morgan fingerprint density at radius 2 is 1.62 bits per heavy atom. The van der Waals surface area contributed by atoms with E-state index in [1.807, 2.05) is 0 Å². The summed E-state index contributed by atoms with van der Waals surface area (Å²) in [6.45, 7) is 11.4. The number of fused-ring (bicyclic) bond motifs is 1. The van der Waals surface area contributed by atoms with Crippen LogP contribution in [0.2, 0.25) is 0 Å². The van der Waals surface area contributed by atoms with Crippen LogP contribution in [0.1, 0.15) is 41.0 Å². The first-order valence-corrected chi connectivity index (χ1v) is 8.01. The summed E-state index contributed by atoms with van der Waals surface area (Å²) in [5, 5.41) is -0.0366. The normalized spacial score (nSPS) is 60.4. The predicted molar refractivity (Wildman–Crippen MR) is 64.8 cm³/mol. The largest absolute Gasteiger partial charge is 0.229 e. The molecule has 3 aliphatic rings. The molecular formula is C13H22O2S. The molecule has 2 aliphatic carbocycles. The molecule has 0 amide bonds. The van der Waals surface area contributed by atoms with E-state index in [9.17, 15) is 8.42 Å². The molecule has 16 heavy (non-hydrogen) atoms. The Balaban J connectivity index is 2.30. The summed E-state index contributed by atoms with van der Waals surface area (Å²) in [6.07, 6.45) is 0.893. The second-order valence-corrected chi connectivity index (χ2v) is 9.54. The average molecular weight is 242 g/mol. The van der Waals surface area contributed by atoms with Gasteiger partial charge in [-0.3, -0.25) is 0 Å². The van der Waals surface area contributed by atoms with E-state index in [0.717, 1.165) is 6.42 Å². The lowest BCUT2D eigenvalue weighted by Crippen LogP contribution is -2.45. The summed E-state index contributed by atoms with van der Waals surface area (Å²) >= 11 is 0. The van der Waals surface area contributed by atoms with Crippen LogP contribution >= 0.6 is 0 Å². The predicted octanol–water partition coefficient (Wildman–Crippen LogP) is 2.49. The summed E-state index contributed by atoms with van der Waals surface area (Å²) in [5.41, 5.74) is 0.355. The Kier molecular flexibility index (Phi) is 1.65. The molecule has 92 valence electrons. The molecule has 5 atom stereocenters. The number of sulfone groups is 1. The van der Waals surface area contributed by atoms with Crippen LogP contribution in [-0.4, -0.2) is 19.4 Å². The molecule has 1 heterocycles. The van der Waals surface area contributed by atoms with Gasteiger partial charge in [0.2, 0.25) is 0 Å². The fourth-order valence-corrected chi connectivity index (χ4v) is 8.64. The van der Waals surface area contributed by atoms with Crippen LogP contribution in [0.4, 0.5) is 0 Å². The summed E-state index contributed by atoms with van der Waals surface area (Å²) in [5.74, 6) is 1.37. The van der Waals surface area contributed by atoms with Gasteiger partial charge in [0.15, 0.2) is 9.84 Å². The van der Waals surface area contributed by atoms with Crippen molar-refractivity contribution in [3.05, 3.63) is 0 Å². The average Bonchev–Trinajstić information content (AvgIpc) is 2.51. The van der Waals surface area contributed by atoms with Crippen molar-refractivity contribution in [2.75, 3.05) is 5.75 Å². The molecule has 3 rings (SSSR count). The Bertz CT molecular complexity index is 462. The number of hydrogen-bond donors (Lipinski definition) is 0. The van der Waals surface area contributed by atoms with Crippen LogP contribution in [0.25, 0.3) is 0 Å². The van der Waals surface area contributed by atoms with E-state index in [1.54, 1.807) is 0 Å². The fourth-order valence-electron chi connectivity index (χ4n) is 5.46. The summed E-state index contributed by atoms with van der Waals surface area (Å²) in [6, 6.07) is 0. The summed E-state index contributed by atoms with van der Waals surface area (Å²) in [4.78, 5) is 0. The lowest BCUT2D eigenvalue weighted by molar-refractivity contribution is -0.000369. The van der Waals surface area contributed by atoms with E-state index in [2.05, 4.69) is 34.6 Å². The van der Waals surface area contributed by atoms with Crippen molar-refractivity contribution in [1.29, 1.82) is 0 Å². The maximum atomic E-state index is 12.3. The van der Waals surface area contributed by atoms with E-state index >= 15 is 0 Å². The second kappa shape index (κ2) is 2.38. The fraction of sp³-hybridized carbons (Fsp3) is 1.00. The highest BCUT2D eigenvalue weighted by Gasteiger charge is 2.78. The van der Waals surface area contributed by atoms with E-state index in [1.165, 1.54) is 0 Å². The Morgan fingerprint density at radius 3 is 2.06 bits per heavy atom. The van der Waals surface area contributed by atoms with Gasteiger partial charge in [-0.25, -0.2) is 8.42 Å². The maximum absolute atomic E-state index is 12.3. The molecule has 5 unspecified atom stereocenters. The van der Waals surface area contributed by atoms with Crippen molar-refractivity contribution in [2.24, 2.45) is 28.1 Å². The first kappa shape index (κ1) is 11.1. The molecule has 3 fully saturated rings. The van der Waals surface area contributed by atoms with Crippen molar-refractivity contribution >= 4 is 9.84 Å². The molecule has 0 aromatic heterocycles. The molecule has 0 N–H and O–H groups in total. The number of hydrogen-bond acceptors (Lipinski definition) is 2. The van der Waals surface area contributed by atoms with Gasteiger partial charge in [0.1, 0.15) is 0 Å². The van der Waals surface area contributed by atoms with E-state index in [4.69, 9.17) is 0 Å². The quantitative estimate of drug-likeness (QED) is 0.654. The highest BCUT2D eigenvalue weighted by molar-refractivity contribution is 7.92. The highest BCUT2D eigenvalue weighted by Crippen LogP contribution is 2.78. The molecule has 1 saturated heterocycles. The molecular weight excluding hydrogens is 220 g/mol. The first-order chi connectivity index (χ1) is 7.08. The van der Waals surface area contributed by atoms with Gasteiger partial charge in [-0.2, -0.15) is 0 Å². The van der Waals surface area contributed by atoms with Gasteiger partial charge in [0.05, 0.1) is 11.0 Å². The van der Waals surface area contributed by atoms with E-state index < -0.39 is 9.84 Å². The minimum absolute atomic E-state index is 0.00289. The highest BCUT2D eigenvalue weighted by atomic mass is 32.2. The minimum atomic E-state index is -2.83. The van der Waals surface area contributed by atoms with Crippen molar-refractivity contribution in [1.82, 2.24) is 0 Å². The van der Waals surface area contributed by atoms with Gasteiger partial charge in [-0.15, -0.1) is 0 Å². The van der Waals surface area contributed by atoms with Crippen LogP contribution < -0.4 is 0 Å². The lowest BCUT2D eigenvalue weighted by Gasteiger charge is -2.49. The smallest absolute Gasteiger partial charge is 0.154 e. The number of rotatable bonds is 0. The zero-order valence-corrected chi connectivity index (χ0v) is 11.7. The molecule has 0 aromatic carbocycles.